The summed E-state index contributed by atoms with van der Waals surface area (Å²) in [6, 6.07) is 4.97. The third-order valence-corrected chi connectivity index (χ3v) is 3.25. The molecule has 1 rings (SSSR count). The second-order valence-electron chi connectivity index (χ2n) is 4.94. The first kappa shape index (κ1) is 18.8. The van der Waals surface area contributed by atoms with Gasteiger partial charge in [-0.15, -0.1) is 0 Å². The largest absolute Gasteiger partial charge is 0.497 e. The van der Waals surface area contributed by atoms with Crippen LogP contribution in [0.4, 0.5) is 0 Å². The van der Waals surface area contributed by atoms with Crippen LogP contribution < -0.4 is 19.7 Å². The molecular formula is C16H23NO6. The van der Waals surface area contributed by atoms with Crippen molar-refractivity contribution >= 4 is 11.9 Å². The van der Waals surface area contributed by atoms with Crippen molar-refractivity contribution in [2.24, 2.45) is 0 Å². The summed E-state index contributed by atoms with van der Waals surface area (Å²) in [7, 11) is 3.04. The van der Waals surface area contributed by atoms with Crippen LogP contribution in [0, 0.1) is 0 Å². The number of hydrogen-bond donors (Lipinski definition) is 2. The van der Waals surface area contributed by atoms with Crippen LogP contribution in [0.15, 0.2) is 18.2 Å². The number of hydroxylamine groups is 1. The van der Waals surface area contributed by atoms with E-state index in [9.17, 15) is 9.59 Å². The third-order valence-electron chi connectivity index (χ3n) is 3.25. The minimum Gasteiger partial charge on any atom is -0.497 e. The Kier molecular flexibility index (Phi) is 8.52. The zero-order chi connectivity index (χ0) is 17.1. The Labute approximate surface area is 135 Å². The summed E-state index contributed by atoms with van der Waals surface area (Å²) in [6.07, 6.45) is 3.55. The predicted molar refractivity (Wildman–Crippen MR) is 82.8 cm³/mol. The maximum atomic E-state index is 11.8. The highest BCUT2D eigenvalue weighted by Gasteiger charge is 2.11. The van der Waals surface area contributed by atoms with E-state index in [0.717, 1.165) is 12.8 Å². The summed E-state index contributed by atoms with van der Waals surface area (Å²) >= 11 is 0. The molecule has 0 saturated carbocycles. The van der Waals surface area contributed by atoms with Gasteiger partial charge in [0.15, 0.2) is 11.5 Å². The van der Waals surface area contributed by atoms with Crippen molar-refractivity contribution in [1.82, 2.24) is 5.48 Å². The van der Waals surface area contributed by atoms with Gasteiger partial charge in [0, 0.05) is 18.9 Å². The summed E-state index contributed by atoms with van der Waals surface area (Å²) in [5.41, 5.74) is 1.59. The van der Waals surface area contributed by atoms with Gasteiger partial charge in [-0.2, -0.15) is 0 Å². The SMILES string of the molecule is COc1ccc(OC(=O)CCCCCCC(=O)NO)c(OC)c1. The lowest BCUT2D eigenvalue weighted by atomic mass is 10.1. The van der Waals surface area contributed by atoms with E-state index in [-0.39, 0.29) is 12.4 Å². The Bertz CT molecular complexity index is 517. The minimum atomic E-state index is -0.393. The molecule has 1 aromatic carbocycles. The van der Waals surface area contributed by atoms with E-state index >= 15 is 0 Å². The maximum absolute atomic E-state index is 11.8. The Balaban J connectivity index is 2.30. The molecule has 0 aliphatic carbocycles. The van der Waals surface area contributed by atoms with Crippen molar-refractivity contribution in [3.8, 4) is 17.2 Å². The lowest BCUT2D eigenvalue weighted by molar-refractivity contribution is -0.134. The Morgan fingerprint density at radius 2 is 1.70 bits per heavy atom. The molecule has 0 spiro atoms. The monoisotopic (exact) mass is 325 g/mol. The van der Waals surface area contributed by atoms with Gasteiger partial charge in [-0.05, 0) is 25.0 Å². The fourth-order valence-electron chi connectivity index (χ4n) is 2.00. The summed E-state index contributed by atoms with van der Waals surface area (Å²) < 4.78 is 15.5. The Hall–Kier alpha value is -2.28. The number of ether oxygens (including phenoxy) is 3. The van der Waals surface area contributed by atoms with Crippen LogP contribution in [0.1, 0.15) is 38.5 Å². The fourth-order valence-corrected chi connectivity index (χ4v) is 2.00. The number of amides is 1. The molecule has 0 aliphatic heterocycles. The first-order valence-electron chi connectivity index (χ1n) is 7.46. The Morgan fingerprint density at radius 1 is 1.00 bits per heavy atom. The number of carbonyl (C=O) groups excluding carboxylic acids is 2. The second-order valence-corrected chi connectivity index (χ2v) is 4.94. The molecule has 0 aromatic heterocycles. The molecule has 0 saturated heterocycles. The lowest BCUT2D eigenvalue weighted by Crippen LogP contribution is -2.17. The highest BCUT2D eigenvalue weighted by molar-refractivity contribution is 5.74. The van der Waals surface area contributed by atoms with Crippen LogP contribution in [0.2, 0.25) is 0 Å². The molecule has 0 unspecified atom stereocenters. The van der Waals surface area contributed by atoms with Crippen molar-refractivity contribution in [2.45, 2.75) is 38.5 Å². The fraction of sp³-hybridized carbons (Fsp3) is 0.500. The van der Waals surface area contributed by atoms with E-state index in [2.05, 4.69) is 0 Å². The topological polar surface area (TPSA) is 94.1 Å². The number of rotatable bonds is 10. The second kappa shape index (κ2) is 10.4. The maximum Gasteiger partial charge on any atom is 0.311 e. The zero-order valence-corrected chi connectivity index (χ0v) is 13.5. The number of esters is 1. The number of unbranched alkanes of at least 4 members (excludes halogenated alkanes) is 3. The number of methoxy groups -OCH3 is 2. The first-order valence-corrected chi connectivity index (χ1v) is 7.46. The van der Waals surface area contributed by atoms with Gasteiger partial charge in [-0.1, -0.05) is 12.8 Å². The summed E-state index contributed by atoms with van der Waals surface area (Å²) in [5, 5.41) is 8.35. The molecule has 1 aromatic rings. The molecule has 0 aliphatic rings. The van der Waals surface area contributed by atoms with Gasteiger partial charge in [0.1, 0.15) is 5.75 Å². The van der Waals surface area contributed by atoms with E-state index in [1.54, 1.807) is 30.8 Å². The first-order chi connectivity index (χ1) is 11.1. The molecule has 0 heterocycles. The molecule has 23 heavy (non-hydrogen) atoms. The highest BCUT2D eigenvalue weighted by Crippen LogP contribution is 2.31. The van der Waals surface area contributed by atoms with Gasteiger partial charge < -0.3 is 14.2 Å². The molecule has 1 amide bonds. The van der Waals surface area contributed by atoms with Gasteiger partial charge in [0.25, 0.3) is 0 Å². The number of benzene rings is 1. The van der Waals surface area contributed by atoms with Gasteiger partial charge >= 0.3 is 5.97 Å². The van der Waals surface area contributed by atoms with Crippen molar-refractivity contribution in [2.75, 3.05) is 14.2 Å². The van der Waals surface area contributed by atoms with Gasteiger partial charge in [-0.25, -0.2) is 5.48 Å². The van der Waals surface area contributed by atoms with E-state index in [1.807, 2.05) is 0 Å². The average Bonchev–Trinajstić information content (AvgIpc) is 2.57. The predicted octanol–water partition coefficient (Wildman–Crippen LogP) is 2.46. The van der Waals surface area contributed by atoms with E-state index in [4.69, 9.17) is 19.4 Å². The average molecular weight is 325 g/mol. The van der Waals surface area contributed by atoms with Crippen LogP contribution in [0.25, 0.3) is 0 Å². The van der Waals surface area contributed by atoms with Crippen molar-refractivity contribution < 1.29 is 29.0 Å². The molecule has 128 valence electrons. The number of hydrogen-bond acceptors (Lipinski definition) is 6. The van der Waals surface area contributed by atoms with Crippen LogP contribution in [-0.2, 0) is 9.59 Å². The van der Waals surface area contributed by atoms with Crippen LogP contribution in [0.5, 0.6) is 17.2 Å². The van der Waals surface area contributed by atoms with E-state index in [0.29, 0.717) is 36.5 Å². The number of carbonyl (C=O) groups is 2. The molecule has 0 bridgehead atoms. The highest BCUT2D eigenvalue weighted by atomic mass is 16.6. The minimum absolute atomic E-state index is 0.282. The zero-order valence-electron chi connectivity index (χ0n) is 13.5. The van der Waals surface area contributed by atoms with Gasteiger partial charge in [0.05, 0.1) is 14.2 Å². The van der Waals surface area contributed by atoms with Gasteiger partial charge in [0.2, 0.25) is 5.91 Å². The van der Waals surface area contributed by atoms with E-state index < -0.39 is 5.91 Å². The van der Waals surface area contributed by atoms with Crippen LogP contribution in [-0.4, -0.2) is 31.3 Å². The molecule has 2 N–H and O–H groups in total. The van der Waals surface area contributed by atoms with Gasteiger partial charge in [-0.3, -0.25) is 14.8 Å². The van der Waals surface area contributed by atoms with Crippen molar-refractivity contribution in [3.05, 3.63) is 18.2 Å². The molecular weight excluding hydrogens is 302 g/mol. The molecule has 7 heteroatoms. The quantitative estimate of drug-likeness (QED) is 0.226. The third kappa shape index (κ3) is 7.01. The van der Waals surface area contributed by atoms with Crippen LogP contribution in [0.3, 0.4) is 0 Å². The Morgan fingerprint density at radius 3 is 2.30 bits per heavy atom. The number of nitrogens with one attached hydrogen (secondary N) is 1. The molecule has 7 nitrogen and oxygen atoms in total. The summed E-state index contributed by atoms with van der Waals surface area (Å²) in [5.74, 6) is 0.691. The lowest BCUT2D eigenvalue weighted by Gasteiger charge is -2.10. The molecule has 0 radical (unpaired) electrons. The standard InChI is InChI=1S/C16H23NO6/c1-21-12-9-10-13(14(11-12)22-2)23-16(19)8-6-4-3-5-7-15(18)17-20/h9-11,20H,3-8H2,1-2H3,(H,17,18). The van der Waals surface area contributed by atoms with Crippen molar-refractivity contribution in [1.29, 1.82) is 0 Å². The summed E-state index contributed by atoms with van der Waals surface area (Å²) in [6.45, 7) is 0. The van der Waals surface area contributed by atoms with Crippen molar-refractivity contribution in [3.63, 3.8) is 0 Å². The normalized spacial score (nSPS) is 10.0. The summed E-state index contributed by atoms with van der Waals surface area (Å²) in [4.78, 5) is 22.6. The smallest absolute Gasteiger partial charge is 0.311 e. The molecule has 0 atom stereocenters. The van der Waals surface area contributed by atoms with Crippen LogP contribution >= 0.6 is 0 Å². The van der Waals surface area contributed by atoms with E-state index in [1.165, 1.54) is 7.11 Å². The molecule has 0 fully saturated rings.